The Bertz CT molecular complexity index is 572. The molecule has 148 valence electrons. The molecule has 2 atom stereocenters. The van der Waals surface area contributed by atoms with E-state index in [9.17, 15) is 13.2 Å². The smallest absolute Gasteiger partial charge is 0.320 e. The van der Waals surface area contributed by atoms with Crippen molar-refractivity contribution in [3.05, 3.63) is 0 Å². The average Bonchev–Trinajstić information content (AvgIpc) is 2.36. The summed E-state index contributed by atoms with van der Waals surface area (Å²) in [4.78, 5) is 13.5. The minimum Gasteiger partial charge on any atom is -0.462 e. The predicted octanol–water partition coefficient (Wildman–Crippen LogP) is 1.34. The average molecular weight is 379 g/mol. The fourth-order valence-corrected chi connectivity index (χ4v) is 4.86. The molecule has 1 aliphatic rings. The van der Waals surface area contributed by atoms with Gasteiger partial charge in [-0.1, -0.05) is 13.8 Å². The molecular formula is C17H34N2O5S. The van der Waals surface area contributed by atoms with Crippen molar-refractivity contribution in [3.8, 4) is 0 Å². The molecule has 8 heteroatoms. The first-order chi connectivity index (χ1) is 11.1. The Morgan fingerprint density at radius 3 is 2.32 bits per heavy atom. The molecule has 1 fully saturated rings. The Labute approximate surface area is 152 Å². The molecular weight excluding hydrogens is 344 g/mol. The highest BCUT2D eigenvalue weighted by Gasteiger charge is 2.44. The molecule has 0 unspecified atom stereocenters. The monoisotopic (exact) mass is 378 g/mol. The highest BCUT2D eigenvalue weighted by atomic mass is 32.2. The Morgan fingerprint density at radius 2 is 1.84 bits per heavy atom. The number of likely N-dealkylation sites (N-methyl/N-ethyl adjacent to an activating group) is 1. The van der Waals surface area contributed by atoms with Gasteiger partial charge in [-0.25, -0.2) is 8.42 Å². The summed E-state index contributed by atoms with van der Waals surface area (Å²) in [6.45, 7) is 10.4. The number of carbonyl (C=O) groups is 1. The summed E-state index contributed by atoms with van der Waals surface area (Å²) < 4.78 is 37.6. The van der Waals surface area contributed by atoms with Gasteiger partial charge in [-0.3, -0.25) is 9.69 Å². The van der Waals surface area contributed by atoms with Crippen LogP contribution in [-0.4, -0.2) is 81.4 Å². The van der Waals surface area contributed by atoms with Crippen LogP contribution in [0, 0.1) is 5.41 Å². The summed E-state index contributed by atoms with van der Waals surface area (Å²) in [5.41, 5.74) is -0.778. The summed E-state index contributed by atoms with van der Waals surface area (Å²) in [6, 6.07) is 0. The number of carbonyl (C=O) groups excluding carboxylic acids is 1. The third-order valence-corrected chi connectivity index (χ3v) is 6.15. The van der Waals surface area contributed by atoms with E-state index in [1.54, 1.807) is 19.0 Å². The van der Waals surface area contributed by atoms with Gasteiger partial charge in [0.15, 0.2) is 0 Å². The number of sulfonamides is 1. The molecule has 0 aromatic heterocycles. The first-order valence-corrected chi connectivity index (χ1v) is 10.4. The third-order valence-electron chi connectivity index (χ3n) is 4.71. The molecule has 0 bridgehead atoms. The summed E-state index contributed by atoms with van der Waals surface area (Å²) in [5, 5.41) is 0. The number of rotatable bonds is 5. The number of ether oxygens (including phenoxy) is 2. The van der Waals surface area contributed by atoms with Crippen LogP contribution in [0.3, 0.4) is 0 Å². The largest absolute Gasteiger partial charge is 0.462 e. The van der Waals surface area contributed by atoms with Gasteiger partial charge in [-0.2, -0.15) is 4.31 Å². The van der Waals surface area contributed by atoms with Gasteiger partial charge in [0, 0.05) is 12.1 Å². The summed E-state index contributed by atoms with van der Waals surface area (Å²) in [6.07, 6.45) is 1.28. The van der Waals surface area contributed by atoms with E-state index in [0.717, 1.165) is 0 Å². The van der Waals surface area contributed by atoms with Crippen molar-refractivity contribution in [1.29, 1.82) is 0 Å². The van der Waals surface area contributed by atoms with Gasteiger partial charge < -0.3 is 9.47 Å². The fourth-order valence-electron chi connectivity index (χ4n) is 3.46. The molecule has 0 aliphatic carbocycles. The van der Waals surface area contributed by atoms with Crippen LogP contribution in [0.25, 0.3) is 0 Å². The molecule has 1 rings (SSSR count). The Hall–Kier alpha value is -0.700. The van der Waals surface area contributed by atoms with Crippen LogP contribution in [0.2, 0.25) is 0 Å². The molecule has 25 heavy (non-hydrogen) atoms. The van der Waals surface area contributed by atoms with Gasteiger partial charge in [0.25, 0.3) is 0 Å². The van der Waals surface area contributed by atoms with Crippen molar-refractivity contribution in [1.82, 2.24) is 9.21 Å². The van der Waals surface area contributed by atoms with Gasteiger partial charge in [0.1, 0.15) is 12.7 Å². The van der Waals surface area contributed by atoms with Crippen LogP contribution in [0.1, 0.15) is 41.0 Å². The lowest BCUT2D eigenvalue weighted by atomic mass is 9.76. The number of nitrogens with zero attached hydrogens (tertiary/aromatic N) is 2. The normalized spacial score (nSPS) is 27.6. The van der Waals surface area contributed by atoms with Crippen molar-refractivity contribution in [2.24, 2.45) is 5.41 Å². The summed E-state index contributed by atoms with van der Waals surface area (Å²) in [5.74, 6) is -0.354. The molecule has 0 radical (unpaired) electrons. The van der Waals surface area contributed by atoms with E-state index < -0.39 is 21.7 Å². The van der Waals surface area contributed by atoms with E-state index in [-0.39, 0.29) is 37.2 Å². The number of esters is 1. The van der Waals surface area contributed by atoms with Crippen molar-refractivity contribution >= 4 is 16.0 Å². The molecule has 0 aromatic carbocycles. The summed E-state index contributed by atoms with van der Waals surface area (Å²) >= 11 is 0. The first kappa shape index (κ1) is 22.3. The lowest BCUT2D eigenvalue weighted by molar-refractivity contribution is -0.157. The Kier molecular flexibility index (Phi) is 7.06. The second kappa shape index (κ2) is 7.90. The lowest BCUT2D eigenvalue weighted by Gasteiger charge is -2.48. The third kappa shape index (κ3) is 6.51. The van der Waals surface area contributed by atoms with Gasteiger partial charge in [0.2, 0.25) is 10.0 Å². The molecule has 0 amide bonds. The molecule has 0 spiro atoms. The highest BCUT2D eigenvalue weighted by Crippen LogP contribution is 2.39. The molecule has 0 aromatic rings. The van der Waals surface area contributed by atoms with Gasteiger partial charge >= 0.3 is 5.97 Å². The summed E-state index contributed by atoms with van der Waals surface area (Å²) in [7, 11) is 0.141. The Morgan fingerprint density at radius 1 is 1.28 bits per heavy atom. The van der Waals surface area contributed by atoms with Gasteiger partial charge in [-0.05, 0) is 46.7 Å². The molecule has 1 heterocycles. The topological polar surface area (TPSA) is 76.2 Å². The van der Waals surface area contributed by atoms with Crippen LogP contribution in [0.15, 0.2) is 0 Å². The van der Waals surface area contributed by atoms with Gasteiger partial charge in [0.05, 0.1) is 18.9 Å². The number of hydrogen-bond donors (Lipinski definition) is 0. The minimum atomic E-state index is -3.43. The predicted molar refractivity (Wildman–Crippen MR) is 97.9 cm³/mol. The van der Waals surface area contributed by atoms with Crippen molar-refractivity contribution in [2.45, 2.75) is 58.8 Å². The SMILES string of the molecule is C[C@@H]1O[C@H](COC(=O)CN(C)C)CN(S(C)(=O)=O)C(C)(C)CC1(C)C. The highest BCUT2D eigenvalue weighted by molar-refractivity contribution is 7.88. The molecule has 7 nitrogen and oxygen atoms in total. The lowest BCUT2D eigenvalue weighted by Crippen LogP contribution is -2.57. The second-order valence-electron chi connectivity index (χ2n) is 8.59. The molecule has 1 saturated heterocycles. The Balaban J connectivity index is 3.02. The van der Waals surface area contributed by atoms with Crippen LogP contribution >= 0.6 is 0 Å². The van der Waals surface area contributed by atoms with E-state index in [1.165, 1.54) is 10.6 Å². The maximum absolute atomic E-state index is 12.3. The van der Waals surface area contributed by atoms with E-state index in [2.05, 4.69) is 13.8 Å². The molecule has 0 saturated carbocycles. The maximum atomic E-state index is 12.3. The van der Waals surface area contributed by atoms with Crippen LogP contribution in [0.5, 0.6) is 0 Å². The maximum Gasteiger partial charge on any atom is 0.320 e. The standard InChI is InChI=1S/C17H34N2O5S/c1-13-16(2,3)12-17(4,5)19(25(8,21)22)9-14(24-13)11-23-15(20)10-18(6)7/h13-14H,9-12H2,1-8H3/t13-,14-/m0/s1. The van der Waals surface area contributed by atoms with Crippen LogP contribution in [-0.2, 0) is 24.3 Å². The van der Waals surface area contributed by atoms with E-state index in [1.807, 2.05) is 20.8 Å². The van der Waals surface area contributed by atoms with Crippen LogP contribution in [0.4, 0.5) is 0 Å². The van der Waals surface area contributed by atoms with E-state index in [0.29, 0.717) is 6.42 Å². The van der Waals surface area contributed by atoms with Crippen molar-refractivity contribution in [3.63, 3.8) is 0 Å². The van der Waals surface area contributed by atoms with E-state index >= 15 is 0 Å². The minimum absolute atomic E-state index is 0.0369. The zero-order valence-electron chi connectivity index (χ0n) is 16.8. The molecule has 0 N–H and O–H groups in total. The van der Waals surface area contributed by atoms with E-state index in [4.69, 9.17) is 9.47 Å². The zero-order valence-corrected chi connectivity index (χ0v) is 17.6. The first-order valence-electron chi connectivity index (χ1n) is 8.59. The second-order valence-corrected chi connectivity index (χ2v) is 10.5. The number of hydrogen-bond acceptors (Lipinski definition) is 6. The van der Waals surface area contributed by atoms with Gasteiger partial charge in [-0.15, -0.1) is 0 Å². The zero-order chi connectivity index (χ0) is 19.6. The van der Waals surface area contributed by atoms with Crippen molar-refractivity contribution < 1.29 is 22.7 Å². The van der Waals surface area contributed by atoms with Crippen LogP contribution < -0.4 is 0 Å². The fraction of sp³-hybridized carbons (Fsp3) is 0.941. The molecule has 1 aliphatic heterocycles. The van der Waals surface area contributed by atoms with Crippen molar-refractivity contribution in [2.75, 3.05) is 40.0 Å². The quantitative estimate of drug-likeness (QED) is 0.672.